The maximum Gasteiger partial charge on any atom is 0.410 e. The second-order valence-corrected chi connectivity index (χ2v) is 11.3. The summed E-state index contributed by atoms with van der Waals surface area (Å²) >= 11 is 0. The highest BCUT2D eigenvalue weighted by Crippen LogP contribution is 2.36. The van der Waals surface area contributed by atoms with Crippen molar-refractivity contribution >= 4 is 23.9 Å². The van der Waals surface area contributed by atoms with E-state index >= 15 is 0 Å². The maximum atomic E-state index is 14.0. The highest BCUT2D eigenvalue weighted by Gasteiger charge is 2.45. The molecule has 2 atom stereocenters. The largest absolute Gasteiger partial charge is 0.479 e. The summed E-state index contributed by atoms with van der Waals surface area (Å²) in [5.41, 5.74) is -0.378. The molecule has 210 valence electrons. The summed E-state index contributed by atoms with van der Waals surface area (Å²) < 4.78 is 5.52. The van der Waals surface area contributed by atoms with Crippen LogP contribution in [-0.4, -0.2) is 58.6 Å². The van der Waals surface area contributed by atoms with Crippen molar-refractivity contribution in [3.05, 3.63) is 71.8 Å². The Morgan fingerprint density at radius 3 is 1.92 bits per heavy atom. The van der Waals surface area contributed by atoms with Crippen LogP contribution in [0.2, 0.25) is 0 Å². The summed E-state index contributed by atoms with van der Waals surface area (Å²) in [5, 5.41) is 15.3. The van der Waals surface area contributed by atoms with Crippen molar-refractivity contribution in [3.63, 3.8) is 0 Å². The lowest BCUT2D eigenvalue weighted by molar-refractivity contribution is -0.143. The van der Waals surface area contributed by atoms with Crippen LogP contribution >= 0.6 is 0 Å². The number of likely N-dealkylation sites (tertiary alicyclic amines) is 1. The highest BCUT2D eigenvalue weighted by molar-refractivity contribution is 5.95. The Morgan fingerprint density at radius 2 is 1.44 bits per heavy atom. The Labute approximate surface area is 229 Å². The van der Waals surface area contributed by atoms with Crippen LogP contribution in [-0.2, 0) is 24.5 Å². The smallest absolute Gasteiger partial charge is 0.410 e. The summed E-state index contributed by atoms with van der Waals surface area (Å²) in [6, 6.07) is 15.5. The van der Waals surface area contributed by atoms with E-state index in [1.807, 2.05) is 30.3 Å². The van der Waals surface area contributed by atoms with Gasteiger partial charge in [-0.15, -0.1) is 0 Å². The number of carbonyl (C=O) groups excluding carboxylic acids is 3. The van der Waals surface area contributed by atoms with E-state index in [9.17, 15) is 24.3 Å². The summed E-state index contributed by atoms with van der Waals surface area (Å²) in [7, 11) is 0. The van der Waals surface area contributed by atoms with Crippen molar-refractivity contribution in [1.82, 2.24) is 15.5 Å². The molecule has 2 aromatic rings. The second-order valence-electron chi connectivity index (χ2n) is 11.3. The molecule has 0 spiro atoms. The number of nitrogens with zero attached hydrogens (tertiary/aromatic N) is 1. The molecule has 3 rings (SSSR count). The molecule has 9 heteroatoms. The van der Waals surface area contributed by atoms with Gasteiger partial charge in [0.25, 0.3) is 0 Å². The Hall–Kier alpha value is -3.88. The van der Waals surface area contributed by atoms with E-state index in [4.69, 9.17) is 4.74 Å². The van der Waals surface area contributed by atoms with E-state index in [0.29, 0.717) is 31.5 Å². The number of carboxylic acid groups (broad SMARTS) is 1. The third kappa shape index (κ3) is 7.37. The molecule has 0 aromatic heterocycles. The zero-order valence-electron chi connectivity index (χ0n) is 23.3. The van der Waals surface area contributed by atoms with Gasteiger partial charge in [-0.25, -0.2) is 9.59 Å². The number of hydrogen-bond acceptors (Lipinski definition) is 5. The molecule has 1 fully saturated rings. The maximum absolute atomic E-state index is 14.0. The van der Waals surface area contributed by atoms with E-state index in [0.717, 1.165) is 5.56 Å². The topological polar surface area (TPSA) is 125 Å². The number of amides is 3. The fraction of sp³-hybridized carbons (Fsp3) is 0.467. The van der Waals surface area contributed by atoms with E-state index in [1.165, 1.54) is 0 Å². The van der Waals surface area contributed by atoms with Gasteiger partial charge in [0.2, 0.25) is 11.8 Å². The van der Waals surface area contributed by atoms with E-state index < -0.39 is 41.1 Å². The predicted molar refractivity (Wildman–Crippen MR) is 147 cm³/mol. The van der Waals surface area contributed by atoms with E-state index in [2.05, 4.69) is 10.6 Å². The second kappa shape index (κ2) is 12.3. The molecule has 2 aromatic carbocycles. The molecule has 1 aliphatic heterocycles. The van der Waals surface area contributed by atoms with Crippen molar-refractivity contribution in [3.8, 4) is 0 Å². The van der Waals surface area contributed by atoms with Crippen LogP contribution in [0.25, 0.3) is 0 Å². The number of ether oxygens (including phenoxy) is 1. The molecule has 0 unspecified atom stereocenters. The Balaban J connectivity index is 1.82. The number of nitrogens with one attached hydrogen (secondary N) is 2. The minimum absolute atomic E-state index is 0.310. The molecule has 3 N–H and O–H groups in total. The van der Waals surface area contributed by atoms with Crippen LogP contribution in [0.3, 0.4) is 0 Å². The normalized spacial score (nSPS) is 16.6. The molecule has 9 nitrogen and oxygen atoms in total. The van der Waals surface area contributed by atoms with Crippen LogP contribution in [0, 0.1) is 5.92 Å². The minimum Gasteiger partial charge on any atom is -0.479 e. The molecule has 39 heavy (non-hydrogen) atoms. The van der Waals surface area contributed by atoms with Gasteiger partial charge in [0.15, 0.2) is 6.04 Å². The van der Waals surface area contributed by atoms with Crippen LogP contribution in [0.5, 0.6) is 0 Å². The van der Waals surface area contributed by atoms with Crippen LogP contribution in [0.4, 0.5) is 4.79 Å². The standard InChI is InChI=1S/C30H39N3O6/c1-20(2)23(25(34)31-24(26(35)36)21-12-8-6-9-13-21)32-27(37)30(22-14-10-7-11-15-22)16-18-33(19-17-30)28(38)39-29(3,4)5/h6-15,20,23-24H,16-19H2,1-5H3,(H,31,34)(H,32,37)(H,35,36)/t23-,24-/m1/s1. The van der Waals surface area contributed by atoms with Crippen molar-refractivity contribution in [2.45, 2.75) is 70.6 Å². The number of piperidine rings is 1. The van der Waals surface area contributed by atoms with Gasteiger partial charge in [0.1, 0.15) is 11.6 Å². The number of carbonyl (C=O) groups is 4. The SMILES string of the molecule is CC(C)[C@@H](NC(=O)C1(c2ccccc2)CCN(C(=O)OC(C)(C)C)CC1)C(=O)N[C@@H](C(=O)O)c1ccccc1. The first-order valence-corrected chi connectivity index (χ1v) is 13.3. The molecular formula is C30H39N3O6. The molecule has 0 saturated carbocycles. The molecule has 1 aliphatic rings. The number of benzene rings is 2. The number of hydrogen-bond donors (Lipinski definition) is 3. The predicted octanol–water partition coefficient (Wildman–Crippen LogP) is 4.04. The third-order valence-corrected chi connectivity index (χ3v) is 6.93. The molecule has 0 aliphatic carbocycles. The summed E-state index contributed by atoms with van der Waals surface area (Å²) in [5.74, 6) is -2.42. The fourth-order valence-electron chi connectivity index (χ4n) is 4.78. The number of aliphatic carboxylic acids is 1. The average Bonchev–Trinajstić information content (AvgIpc) is 2.89. The zero-order valence-corrected chi connectivity index (χ0v) is 23.3. The fourth-order valence-corrected chi connectivity index (χ4v) is 4.78. The van der Waals surface area contributed by atoms with Gasteiger partial charge in [0, 0.05) is 13.1 Å². The molecule has 1 saturated heterocycles. The third-order valence-electron chi connectivity index (χ3n) is 6.93. The van der Waals surface area contributed by atoms with Crippen molar-refractivity contribution in [2.75, 3.05) is 13.1 Å². The minimum atomic E-state index is -1.25. The number of rotatable bonds is 8. The lowest BCUT2D eigenvalue weighted by atomic mass is 9.71. The Bertz CT molecular complexity index is 1150. The van der Waals surface area contributed by atoms with Crippen molar-refractivity contribution < 1.29 is 29.0 Å². The molecule has 3 amide bonds. The first-order valence-electron chi connectivity index (χ1n) is 13.3. The number of carboxylic acids is 1. The van der Waals surface area contributed by atoms with E-state index in [1.54, 1.807) is 69.9 Å². The first-order chi connectivity index (χ1) is 18.3. The van der Waals surface area contributed by atoms with Crippen LogP contribution < -0.4 is 10.6 Å². The lowest BCUT2D eigenvalue weighted by Crippen LogP contribution is -2.58. The zero-order chi connectivity index (χ0) is 28.8. The van der Waals surface area contributed by atoms with Crippen molar-refractivity contribution in [1.29, 1.82) is 0 Å². The summed E-state index contributed by atoms with van der Waals surface area (Å²) in [4.78, 5) is 53.6. The van der Waals surface area contributed by atoms with Gasteiger partial charge < -0.3 is 25.4 Å². The molecule has 1 heterocycles. The van der Waals surface area contributed by atoms with E-state index in [-0.39, 0.29) is 11.8 Å². The van der Waals surface area contributed by atoms with Gasteiger partial charge in [-0.05, 0) is 50.7 Å². The van der Waals surface area contributed by atoms with Gasteiger partial charge >= 0.3 is 12.1 Å². The summed E-state index contributed by atoms with van der Waals surface area (Å²) in [6.45, 7) is 9.63. The molecule has 0 radical (unpaired) electrons. The van der Waals surface area contributed by atoms with Gasteiger partial charge in [-0.3, -0.25) is 9.59 Å². The first kappa shape index (κ1) is 29.7. The Kier molecular flexibility index (Phi) is 9.37. The van der Waals surface area contributed by atoms with Gasteiger partial charge in [-0.2, -0.15) is 0 Å². The highest BCUT2D eigenvalue weighted by atomic mass is 16.6. The molecule has 0 bridgehead atoms. The van der Waals surface area contributed by atoms with Gasteiger partial charge in [0.05, 0.1) is 5.41 Å². The van der Waals surface area contributed by atoms with Crippen molar-refractivity contribution in [2.24, 2.45) is 5.92 Å². The summed E-state index contributed by atoms with van der Waals surface area (Å²) in [6.07, 6.45) is 0.261. The lowest BCUT2D eigenvalue weighted by Gasteiger charge is -2.42. The monoisotopic (exact) mass is 537 g/mol. The Morgan fingerprint density at radius 1 is 0.897 bits per heavy atom. The molecular weight excluding hydrogens is 498 g/mol. The van der Waals surface area contributed by atoms with Crippen LogP contribution in [0.1, 0.15) is 64.6 Å². The average molecular weight is 538 g/mol. The van der Waals surface area contributed by atoms with Gasteiger partial charge in [-0.1, -0.05) is 74.5 Å². The van der Waals surface area contributed by atoms with Crippen LogP contribution in [0.15, 0.2) is 60.7 Å². The quantitative estimate of drug-likeness (QED) is 0.467.